The maximum absolute atomic E-state index is 11.3. The molecule has 13 heavy (non-hydrogen) atoms. The molecule has 1 radical (unpaired) electrons. The van der Waals surface area contributed by atoms with Crippen molar-refractivity contribution < 1.29 is 9.53 Å². The molecule has 1 heterocycles. The van der Waals surface area contributed by atoms with Gasteiger partial charge in [-0.15, -0.1) is 0 Å². The third-order valence-corrected chi connectivity index (χ3v) is 2.17. The predicted molar refractivity (Wildman–Crippen MR) is 49.3 cm³/mol. The van der Waals surface area contributed by atoms with Crippen molar-refractivity contribution in [3.05, 3.63) is 0 Å². The Bertz CT molecular complexity index is 173. The van der Waals surface area contributed by atoms with Crippen molar-refractivity contribution in [2.75, 3.05) is 19.7 Å². The van der Waals surface area contributed by atoms with E-state index in [-0.39, 0.29) is 12.1 Å². The highest BCUT2D eigenvalue weighted by molar-refractivity contribution is 5.68. The van der Waals surface area contributed by atoms with E-state index in [2.05, 4.69) is 6.92 Å². The van der Waals surface area contributed by atoms with Crippen LogP contribution < -0.4 is 5.73 Å². The Kier molecular flexibility index (Phi) is 4.02. The molecule has 1 rings (SSSR count). The fraction of sp³-hybridized carbons (Fsp3) is 0.889. The van der Waals surface area contributed by atoms with Crippen LogP contribution in [0.25, 0.3) is 0 Å². The Labute approximate surface area is 79.0 Å². The van der Waals surface area contributed by atoms with Gasteiger partial charge in [0.15, 0.2) is 0 Å². The summed E-state index contributed by atoms with van der Waals surface area (Å²) >= 11 is 0. The minimum atomic E-state index is -0.247. The highest BCUT2D eigenvalue weighted by Crippen LogP contribution is 2.09. The molecule has 4 nitrogen and oxygen atoms in total. The van der Waals surface area contributed by atoms with Gasteiger partial charge in [-0.2, -0.15) is 0 Å². The van der Waals surface area contributed by atoms with Crippen LogP contribution in [0.5, 0.6) is 0 Å². The number of carbonyl (C=O) groups excluding carboxylic acids is 1. The third kappa shape index (κ3) is 3.22. The Balaban J connectivity index is 2.16. The van der Waals surface area contributed by atoms with Gasteiger partial charge in [0.2, 0.25) is 0 Å². The van der Waals surface area contributed by atoms with Gasteiger partial charge < -0.3 is 9.64 Å². The van der Waals surface area contributed by atoms with Crippen LogP contribution in [0.1, 0.15) is 26.2 Å². The molecule has 0 spiro atoms. The number of hydrogen-bond acceptors (Lipinski definition) is 2. The van der Waals surface area contributed by atoms with Crippen LogP contribution in [0.2, 0.25) is 0 Å². The van der Waals surface area contributed by atoms with Crippen LogP contribution in [-0.4, -0.2) is 36.7 Å². The van der Waals surface area contributed by atoms with E-state index < -0.39 is 0 Å². The second-order valence-corrected chi connectivity index (χ2v) is 3.40. The van der Waals surface area contributed by atoms with E-state index in [1.165, 1.54) is 0 Å². The van der Waals surface area contributed by atoms with Gasteiger partial charge in [-0.3, -0.25) is 5.73 Å². The van der Waals surface area contributed by atoms with E-state index >= 15 is 0 Å². The molecule has 0 aliphatic carbocycles. The van der Waals surface area contributed by atoms with E-state index in [0.717, 1.165) is 19.3 Å². The van der Waals surface area contributed by atoms with Crippen molar-refractivity contribution in [1.82, 2.24) is 10.6 Å². The van der Waals surface area contributed by atoms with E-state index in [1.54, 1.807) is 4.90 Å². The molecule has 0 aromatic heterocycles. The first-order valence-corrected chi connectivity index (χ1v) is 4.87. The standard InChI is InChI=1S/C9H17N2O2/c1-2-3-6-13-9(12)11-5-4-8(10)7-11/h8,10H,2-7H2,1H3/t8-/m0/s1. The molecule has 1 aliphatic heterocycles. The number of rotatable bonds is 3. The van der Waals surface area contributed by atoms with Gasteiger partial charge in [0.05, 0.1) is 6.61 Å². The summed E-state index contributed by atoms with van der Waals surface area (Å²) in [5.74, 6) is 0. The van der Waals surface area contributed by atoms with Crippen LogP contribution in [0, 0.1) is 0 Å². The fourth-order valence-electron chi connectivity index (χ4n) is 1.32. The van der Waals surface area contributed by atoms with Gasteiger partial charge in [0, 0.05) is 19.1 Å². The average molecular weight is 185 g/mol. The molecule has 0 unspecified atom stereocenters. The van der Waals surface area contributed by atoms with Crippen LogP contribution in [-0.2, 0) is 4.74 Å². The van der Waals surface area contributed by atoms with E-state index in [9.17, 15) is 4.79 Å². The molecule has 75 valence electrons. The van der Waals surface area contributed by atoms with Crippen LogP contribution in [0.4, 0.5) is 4.79 Å². The monoisotopic (exact) mass is 185 g/mol. The summed E-state index contributed by atoms with van der Waals surface area (Å²) in [6, 6.07) is -0.112. The van der Waals surface area contributed by atoms with Crippen molar-refractivity contribution in [2.45, 2.75) is 32.2 Å². The molecule has 0 saturated carbocycles. The quantitative estimate of drug-likeness (QED) is 0.622. The number of unbranched alkanes of at least 4 members (excludes halogenated alkanes) is 1. The molecular weight excluding hydrogens is 168 g/mol. The lowest BCUT2D eigenvalue weighted by Crippen LogP contribution is -2.30. The van der Waals surface area contributed by atoms with Crippen LogP contribution in [0.15, 0.2) is 0 Å². The van der Waals surface area contributed by atoms with Crippen molar-refractivity contribution >= 4 is 6.09 Å². The Morgan fingerprint density at radius 3 is 3.00 bits per heavy atom. The number of nitrogens with one attached hydrogen (secondary N) is 1. The lowest BCUT2D eigenvalue weighted by atomic mass is 10.3. The Morgan fingerprint density at radius 1 is 1.69 bits per heavy atom. The topological polar surface area (TPSA) is 53.3 Å². The third-order valence-electron chi connectivity index (χ3n) is 2.17. The van der Waals surface area contributed by atoms with Crippen molar-refractivity contribution in [3.63, 3.8) is 0 Å². The van der Waals surface area contributed by atoms with Gasteiger partial charge in [-0.25, -0.2) is 4.79 Å². The summed E-state index contributed by atoms with van der Waals surface area (Å²) in [7, 11) is 0. The number of nitrogens with zero attached hydrogens (tertiary/aromatic N) is 1. The van der Waals surface area contributed by atoms with Gasteiger partial charge in [-0.1, -0.05) is 13.3 Å². The lowest BCUT2D eigenvalue weighted by molar-refractivity contribution is 0.109. The maximum Gasteiger partial charge on any atom is 0.409 e. The van der Waals surface area contributed by atoms with Gasteiger partial charge in [0.25, 0.3) is 0 Å². The first kappa shape index (κ1) is 10.3. The van der Waals surface area contributed by atoms with Crippen LogP contribution in [0.3, 0.4) is 0 Å². The van der Waals surface area contributed by atoms with E-state index in [4.69, 9.17) is 10.5 Å². The van der Waals surface area contributed by atoms with Crippen molar-refractivity contribution in [1.29, 1.82) is 0 Å². The number of amides is 1. The number of ether oxygens (including phenoxy) is 1. The highest BCUT2D eigenvalue weighted by Gasteiger charge is 2.24. The summed E-state index contributed by atoms with van der Waals surface area (Å²) in [4.78, 5) is 12.9. The molecule has 0 bridgehead atoms. The van der Waals surface area contributed by atoms with Crippen LogP contribution >= 0.6 is 0 Å². The normalized spacial score (nSPS) is 22.0. The SMILES string of the molecule is CCCCOC(=O)N1CC[C@H]([NH])C1. The van der Waals surface area contributed by atoms with Gasteiger partial charge in [0.1, 0.15) is 0 Å². The zero-order valence-electron chi connectivity index (χ0n) is 8.08. The smallest absolute Gasteiger partial charge is 0.409 e. The molecule has 4 heteroatoms. The molecule has 1 amide bonds. The summed E-state index contributed by atoms with van der Waals surface area (Å²) in [5, 5.41) is 0. The van der Waals surface area contributed by atoms with E-state index in [1.807, 2.05) is 0 Å². The second kappa shape index (κ2) is 5.07. The molecule has 1 atom stereocenters. The summed E-state index contributed by atoms with van der Waals surface area (Å²) in [6.45, 7) is 3.78. The highest BCUT2D eigenvalue weighted by atomic mass is 16.6. The van der Waals surface area contributed by atoms with Crippen molar-refractivity contribution in [3.8, 4) is 0 Å². The van der Waals surface area contributed by atoms with Crippen molar-refractivity contribution in [2.24, 2.45) is 0 Å². The molecule has 1 fully saturated rings. The minimum Gasteiger partial charge on any atom is -0.449 e. The summed E-state index contributed by atoms with van der Waals surface area (Å²) in [6.07, 6.45) is 2.49. The van der Waals surface area contributed by atoms with Gasteiger partial charge in [-0.05, 0) is 12.8 Å². The summed E-state index contributed by atoms with van der Waals surface area (Å²) < 4.78 is 5.02. The molecule has 1 aliphatic rings. The molecule has 0 aromatic rings. The fourth-order valence-corrected chi connectivity index (χ4v) is 1.32. The predicted octanol–water partition coefficient (Wildman–Crippen LogP) is 1.28. The van der Waals surface area contributed by atoms with Gasteiger partial charge >= 0.3 is 6.09 Å². The second-order valence-electron chi connectivity index (χ2n) is 3.40. The summed E-state index contributed by atoms with van der Waals surface area (Å²) in [5.41, 5.74) is 7.42. The largest absolute Gasteiger partial charge is 0.449 e. The molecule has 1 N–H and O–H groups in total. The number of likely N-dealkylation sites (tertiary alicyclic amines) is 1. The number of carbonyl (C=O) groups is 1. The zero-order valence-corrected chi connectivity index (χ0v) is 8.08. The minimum absolute atomic E-state index is 0.112. The Hall–Kier alpha value is -0.770. The number of hydrogen-bond donors (Lipinski definition) is 0. The average Bonchev–Trinajstić information content (AvgIpc) is 2.52. The molecule has 0 aromatic carbocycles. The maximum atomic E-state index is 11.3. The lowest BCUT2D eigenvalue weighted by Gasteiger charge is -2.14. The van der Waals surface area contributed by atoms with E-state index in [0.29, 0.717) is 19.7 Å². The molecular formula is C9H17N2O2. The first-order chi connectivity index (χ1) is 6.24. The Morgan fingerprint density at radius 2 is 2.46 bits per heavy atom. The first-order valence-electron chi connectivity index (χ1n) is 4.87. The zero-order chi connectivity index (χ0) is 9.68. The molecule has 1 saturated heterocycles.